The molecule has 0 aliphatic carbocycles. The summed E-state index contributed by atoms with van der Waals surface area (Å²) in [5.41, 5.74) is 3.52. The molecule has 8 heteroatoms. The van der Waals surface area contributed by atoms with Gasteiger partial charge in [-0.05, 0) is 54.4 Å². The molecule has 0 bridgehead atoms. The van der Waals surface area contributed by atoms with Crippen molar-refractivity contribution < 1.29 is 9.13 Å². The van der Waals surface area contributed by atoms with Crippen molar-refractivity contribution in [3.63, 3.8) is 0 Å². The number of aromatic nitrogens is 4. The van der Waals surface area contributed by atoms with Crippen LogP contribution in [-0.2, 0) is 5.75 Å². The molecule has 2 aromatic heterocycles. The smallest absolute Gasteiger partial charge is 0.196 e. The quantitative estimate of drug-likeness (QED) is 0.358. The van der Waals surface area contributed by atoms with Crippen LogP contribution in [0.1, 0.15) is 11.1 Å². The Labute approximate surface area is 182 Å². The van der Waals surface area contributed by atoms with E-state index in [1.54, 1.807) is 18.5 Å². The summed E-state index contributed by atoms with van der Waals surface area (Å²) in [6.45, 7) is 1.96. The molecule has 0 fully saturated rings. The first-order valence-corrected chi connectivity index (χ1v) is 10.5. The molecule has 5 nitrogen and oxygen atoms in total. The molecule has 4 rings (SSSR count). The topological polar surface area (TPSA) is 52.8 Å². The minimum atomic E-state index is -0.389. The van der Waals surface area contributed by atoms with E-state index < -0.39 is 0 Å². The highest BCUT2D eigenvalue weighted by Crippen LogP contribution is 2.33. The average molecular weight is 441 g/mol. The molecule has 152 valence electrons. The molecule has 30 heavy (non-hydrogen) atoms. The fourth-order valence-corrected chi connectivity index (χ4v) is 4.11. The highest BCUT2D eigenvalue weighted by Gasteiger charge is 2.18. The van der Waals surface area contributed by atoms with Gasteiger partial charge in [-0.15, -0.1) is 10.2 Å². The van der Waals surface area contributed by atoms with Gasteiger partial charge in [0.05, 0.1) is 12.8 Å². The van der Waals surface area contributed by atoms with Crippen LogP contribution in [-0.4, -0.2) is 26.9 Å². The van der Waals surface area contributed by atoms with Crippen LogP contribution in [0.25, 0.3) is 17.1 Å². The van der Waals surface area contributed by atoms with Crippen LogP contribution in [0, 0.1) is 12.7 Å². The Hall–Kier alpha value is -2.90. The number of thioether (sulfide) groups is 1. The first kappa shape index (κ1) is 20.4. The number of hydrogen-bond acceptors (Lipinski definition) is 5. The van der Waals surface area contributed by atoms with Gasteiger partial charge in [-0.1, -0.05) is 35.5 Å². The summed E-state index contributed by atoms with van der Waals surface area (Å²) in [6.07, 6.45) is 3.43. The molecule has 0 aliphatic rings. The van der Waals surface area contributed by atoms with Gasteiger partial charge >= 0.3 is 0 Å². The Kier molecular flexibility index (Phi) is 6.01. The molecular weight excluding hydrogens is 423 g/mol. The van der Waals surface area contributed by atoms with Crippen molar-refractivity contribution in [2.45, 2.75) is 17.8 Å². The van der Waals surface area contributed by atoms with E-state index in [1.807, 2.05) is 47.9 Å². The molecular formula is C22H18ClFN4OS. The van der Waals surface area contributed by atoms with E-state index in [4.69, 9.17) is 16.3 Å². The maximum Gasteiger partial charge on any atom is 0.196 e. The van der Waals surface area contributed by atoms with E-state index in [9.17, 15) is 4.39 Å². The Morgan fingerprint density at radius 1 is 1.10 bits per heavy atom. The summed E-state index contributed by atoms with van der Waals surface area (Å²) in [7, 11) is 1.45. The predicted molar refractivity (Wildman–Crippen MR) is 117 cm³/mol. The number of rotatable bonds is 6. The van der Waals surface area contributed by atoms with Gasteiger partial charge in [0.25, 0.3) is 0 Å². The standard InChI is InChI=1S/C22H18ClFN4OS/c1-14-17(23)4-3-5-19(14)28-21(16-8-10-25-11-9-16)26-27-22(28)30-13-15-6-7-20(29-2)18(24)12-15/h3-12H,13H2,1-2H3. The molecule has 0 spiro atoms. The molecule has 2 aromatic carbocycles. The highest BCUT2D eigenvalue weighted by atomic mass is 35.5. The van der Waals surface area contributed by atoms with Crippen molar-refractivity contribution >= 4 is 23.4 Å². The summed E-state index contributed by atoms with van der Waals surface area (Å²) in [6, 6.07) is 14.4. The first-order valence-electron chi connectivity index (χ1n) is 9.15. The highest BCUT2D eigenvalue weighted by molar-refractivity contribution is 7.98. The lowest BCUT2D eigenvalue weighted by molar-refractivity contribution is 0.386. The third kappa shape index (κ3) is 4.04. The second kappa shape index (κ2) is 8.85. The molecule has 0 atom stereocenters. The molecule has 0 unspecified atom stereocenters. The first-order chi connectivity index (χ1) is 14.6. The van der Waals surface area contributed by atoms with Gasteiger partial charge in [0.2, 0.25) is 0 Å². The van der Waals surface area contributed by atoms with E-state index in [2.05, 4.69) is 15.2 Å². The fraction of sp³-hybridized carbons (Fsp3) is 0.136. The second-order valence-corrected chi connectivity index (χ2v) is 7.87. The number of methoxy groups -OCH3 is 1. The van der Waals surface area contributed by atoms with E-state index in [1.165, 1.54) is 24.9 Å². The van der Waals surface area contributed by atoms with Crippen LogP contribution >= 0.6 is 23.4 Å². The molecule has 0 radical (unpaired) electrons. The van der Waals surface area contributed by atoms with Crippen molar-refractivity contribution in [3.8, 4) is 22.8 Å². The SMILES string of the molecule is COc1ccc(CSc2nnc(-c3ccncc3)n2-c2cccc(Cl)c2C)cc1F. The largest absolute Gasteiger partial charge is 0.494 e. The molecule has 0 saturated carbocycles. The molecule has 4 aromatic rings. The number of hydrogen-bond donors (Lipinski definition) is 0. The van der Waals surface area contributed by atoms with Crippen molar-refractivity contribution in [2.24, 2.45) is 0 Å². The monoisotopic (exact) mass is 440 g/mol. The average Bonchev–Trinajstić information content (AvgIpc) is 3.18. The van der Waals surface area contributed by atoms with Crippen LogP contribution in [0.4, 0.5) is 4.39 Å². The van der Waals surface area contributed by atoms with Crippen LogP contribution in [0.15, 0.2) is 66.1 Å². The lowest BCUT2D eigenvalue weighted by Gasteiger charge is -2.14. The Bertz CT molecular complexity index is 1180. The summed E-state index contributed by atoms with van der Waals surface area (Å²) >= 11 is 7.85. The van der Waals surface area contributed by atoms with Gasteiger partial charge in [0.1, 0.15) is 0 Å². The number of pyridine rings is 1. The fourth-order valence-electron chi connectivity index (χ4n) is 3.05. The Morgan fingerprint density at radius 2 is 1.90 bits per heavy atom. The normalized spacial score (nSPS) is 10.9. The van der Waals surface area contributed by atoms with Crippen molar-refractivity contribution in [1.29, 1.82) is 0 Å². The van der Waals surface area contributed by atoms with Crippen LogP contribution in [0.2, 0.25) is 5.02 Å². The number of nitrogens with zero attached hydrogens (tertiary/aromatic N) is 4. The second-order valence-electron chi connectivity index (χ2n) is 6.52. The third-order valence-corrected chi connectivity index (χ3v) is 6.05. The molecule has 0 saturated heterocycles. The van der Waals surface area contributed by atoms with Crippen molar-refractivity contribution in [1.82, 2.24) is 19.7 Å². The van der Waals surface area contributed by atoms with Gasteiger partial charge in [0.15, 0.2) is 22.5 Å². The van der Waals surface area contributed by atoms with E-state index in [-0.39, 0.29) is 11.6 Å². The minimum Gasteiger partial charge on any atom is -0.494 e. The Morgan fingerprint density at radius 3 is 2.63 bits per heavy atom. The van der Waals surface area contributed by atoms with Crippen molar-refractivity contribution in [3.05, 3.63) is 82.9 Å². The maximum atomic E-state index is 14.1. The van der Waals surface area contributed by atoms with E-state index >= 15 is 0 Å². The van der Waals surface area contributed by atoms with Gasteiger partial charge in [-0.2, -0.15) is 0 Å². The van der Waals surface area contributed by atoms with E-state index in [0.29, 0.717) is 21.8 Å². The van der Waals surface area contributed by atoms with Crippen LogP contribution in [0.5, 0.6) is 5.75 Å². The number of halogens is 2. The summed E-state index contributed by atoms with van der Waals surface area (Å²) in [5, 5.41) is 10.2. The summed E-state index contributed by atoms with van der Waals surface area (Å²) in [5.74, 6) is 1.04. The lowest BCUT2D eigenvalue weighted by Crippen LogP contribution is -2.02. The third-order valence-electron chi connectivity index (χ3n) is 4.64. The predicted octanol–water partition coefficient (Wildman–Crippen LogP) is 5.73. The minimum absolute atomic E-state index is 0.224. The zero-order chi connectivity index (χ0) is 21.1. The maximum absolute atomic E-state index is 14.1. The summed E-state index contributed by atoms with van der Waals surface area (Å²) in [4.78, 5) is 4.08. The van der Waals surface area contributed by atoms with Crippen LogP contribution in [0.3, 0.4) is 0 Å². The summed E-state index contributed by atoms with van der Waals surface area (Å²) < 4.78 is 21.0. The van der Waals surface area contributed by atoms with Gasteiger partial charge in [0, 0.05) is 28.7 Å². The lowest BCUT2D eigenvalue weighted by atomic mass is 10.2. The van der Waals surface area contributed by atoms with Crippen molar-refractivity contribution in [2.75, 3.05) is 7.11 Å². The number of ether oxygens (including phenoxy) is 1. The molecule has 0 aliphatic heterocycles. The molecule has 2 heterocycles. The van der Waals surface area contributed by atoms with Gasteiger partial charge in [-0.25, -0.2) is 4.39 Å². The zero-order valence-electron chi connectivity index (χ0n) is 16.3. The van der Waals surface area contributed by atoms with E-state index in [0.717, 1.165) is 22.4 Å². The number of benzene rings is 2. The molecule has 0 amide bonds. The van der Waals surface area contributed by atoms with Crippen LogP contribution < -0.4 is 4.74 Å². The van der Waals surface area contributed by atoms with Gasteiger partial charge in [-0.3, -0.25) is 9.55 Å². The zero-order valence-corrected chi connectivity index (χ0v) is 17.9. The Balaban J connectivity index is 1.74. The molecule has 0 N–H and O–H groups in total. The van der Waals surface area contributed by atoms with Gasteiger partial charge < -0.3 is 4.74 Å².